The third kappa shape index (κ3) is 13.5. The highest BCUT2D eigenvalue weighted by Gasteiger charge is 2.37. The molecule has 2 aromatic heterocycles. The molecular weight excluding hydrogens is 600 g/mol. The summed E-state index contributed by atoms with van der Waals surface area (Å²) in [5.74, 6) is 0. The van der Waals surface area contributed by atoms with Gasteiger partial charge in [-0.3, -0.25) is 0 Å². The fraction of sp³-hybridized carbons (Fsp3) is 0.583. The minimum atomic E-state index is -1.64. The molecule has 0 aliphatic heterocycles. The normalized spacial score (nSPS) is 12.3. The van der Waals surface area contributed by atoms with Crippen molar-refractivity contribution in [2.45, 2.75) is 91.0 Å². The third-order valence-corrected chi connectivity index (χ3v) is 16.6. The summed E-state index contributed by atoms with van der Waals surface area (Å²) in [6.45, 7) is 23.0. The molecule has 2 rings (SSSR count). The molecule has 2 aromatic rings. The number of rotatable bonds is 4. The smallest absolute Gasteiger partial charge is 0.192 e. The van der Waals surface area contributed by atoms with Crippen molar-refractivity contribution in [1.82, 2.24) is 9.97 Å². The van der Waals surface area contributed by atoms with Crippen molar-refractivity contribution >= 4 is 58.6 Å². The van der Waals surface area contributed by atoms with Crippen molar-refractivity contribution in [3.05, 3.63) is 57.0 Å². The summed E-state index contributed by atoms with van der Waals surface area (Å²) in [4.78, 5) is 8.00. The highest BCUT2D eigenvalue weighted by atomic mass is 79.9. The van der Waals surface area contributed by atoms with Crippen molar-refractivity contribution in [2.75, 3.05) is 0 Å². The molecule has 0 atom stereocenters. The SMILES string of the molecule is CC(C)(C)[Si](C)(C)Cl.CC(C)(C)[Si](C)(C)OCc1ccnc(Br)c1.OCc1ccnc(Br)c1. The van der Waals surface area contributed by atoms with E-state index in [1.54, 1.807) is 24.5 Å². The Hall–Kier alpha value is -0.0962. The zero-order valence-electron chi connectivity index (χ0n) is 21.8. The molecule has 0 aliphatic rings. The van der Waals surface area contributed by atoms with Gasteiger partial charge >= 0.3 is 0 Å². The summed E-state index contributed by atoms with van der Waals surface area (Å²) in [5.41, 5.74) is 2.04. The van der Waals surface area contributed by atoms with E-state index in [1.165, 1.54) is 5.56 Å². The van der Waals surface area contributed by atoms with E-state index in [0.29, 0.717) is 11.6 Å². The van der Waals surface area contributed by atoms with Gasteiger partial charge in [-0.2, -0.15) is 11.1 Å². The van der Waals surface area contributed by atoms with E-state index >= 15 is 0 Å². The number of halogens is 3. The number of aliphatic hydroxyl groups excluding tert-OH is 1. The van der Waals surface area contributed by atoms with Gasteiger partial charge in [0.15, 0.2) is 15.7 Å². The summed E-state index contributed by atoms with van der Waals surface area (Å²) < 4.78 is 7.75. The zero-order chi connectivity index (χ0) is 26.1. The molecule has 0 radical (unpaired) electrons. The molecular formula is C24H41Br2ClN2O2Si2. The maximum absolute atomic E-state index is 8.61. The van der Waals surface area contributed by atoms with Crippen molar-refractivity contribution in [2.24, 2.45) is 0 Å². The van der Waals surface area contributed by atoms with E-state index in [-0.39, 0.29) is 11.6 Å². The summed E-state index contributed by atoms with van der Waals surface area (Å²) in [6.07, 6.45) is 3.45. The first kappa shape index (κ1) is 32.9. The number of aliphatic hydroxyl groups is 1. The first-order chi connectivity index (χ1) is 14.8. The molecule has 0 saturated heterocycles. The van der Waals surface area contributed by atoms with E-state index in [4.69, 9.17) is 20.6 Å². The Morgan fingerprint density at radius 1 is 0.848 bits per heavy atom. The predicted octanol–water partition coefficient (Wildman–Crippen LogP) is 8.93. The molecule has 0 aromatic carbocycles. The number of hydrogen-bond acceptors (Lipinski definition) is 4. The standard InChI is InChI=1S/C12H20BrNOSi.C6H6BrNO.C6H15ClSi/c1-12(2,3)16(4,5)15-9-10-6-7-14-11(13)8-10;7-6-3-5(4-9)1-2-8-6;1-6(2,3)8(4,5)7/h6-8H,9H2,1-5H3;1-3,9H,4H2;1-5H3. The van der Waals surface area contributed by atoms with Crippen LogP contribution in [0.4, 0.5) is 0 Å². The second-order valence-corrected chi connectivity index (χ2v) is 24.6. The van der Waals surface area contributed by atoms with Gasteiger partial charge in [0.25, 0.3) is 0 Å². The van der Waals surface area contributed by atoms with E-state index in [0.717, 1.165) is 14.8 Å². The first-order valence-corrected chi connectivity index (χ1v) is 19.5. The molecule has 0 saturated carbocycles. The summed E-state index contributed by atoms with van der Waals surface area (Å²) >= 11 is 12.7. The highest BCUT2D eigenvalue weighted by molar-refractivity contribution is 9.10. The minimum Gasteiger partial charge on any atom is -0.413 e. The molecule has 0 unspecified atom stereocenters. The highest BCUT2D eigenvalue weighted by Crippen LogP contribution is 2.38. The average molecular weight is 641 g/mol. The number of pyridine rings is 2. The van der Waals surface area contributed by atoms with E-state index in [1.807, 2.05) is 12.1 Å². The Kier molecular flexibility index (Phi) is 13.8. The van der Waals surface area contributed by atoms with Gasteiger partial charge in [-0.05, 0) is 90.4 Å². The fourth-order valence-electron chi connectivity index (χ4n) is 1.55. The molecule has 0 bridgehead atoms. The van der Waals surface area contributed by atoms with E-state index < -0.39 is 15.7 Å². The Morgan fingerprint density at radius 3 is 1.55 bits per heavy atom. The van der Waals surface area contributed by atoms with Gasteiger partial charge < -0.3 is 9.53 Å². The Bertz CT molecular complexity index is 837. The Balaban J connectivity index is 0.000000511. The molecule has 33 heavy (non-hydrogen) atoms. The topological polar surface area (TPSA) is 55.2 Å². The van der Waals surface area contributed by atoms with Gasteiger partial charge in [0.05, 0.1) is 13.2 Å². The lowest BCUT2D eigenvalue weighted by Crippen LogP contribution is -2.40. The van der Waals surface area contributed by atoms with Crippen LogP contribution in [0.5, 0.6) is 0 Å². The Morgan fingerprint density at radius 2 is 1.24 bits per heavy atom. The van der Waals surface area contributed by atoms with E-state index in [2.05, 4.69) is 110 Å². The largest absolute Gasteiger partial charge is 0.413 e. The van der Waals surface area contributed by atoms with Gasteiger partial charge in [-0.15, -0.1) is 0 Å². The van der Waals surface area contributed by atoms with Crippen LogP contribution in [0.15, 0.2) is 45.9 Å². The molecule has 9 heteroatoms. The molecule has 4 nitrogen and oxygen atoms in total. The lowest BCUT2D eigenvalue weighted by molar-refractivity contribution is 0.276. The molecule has 0 aliphatic carbocycles. The van der Waals surface area contributed by atoms with Gasteiger partial charge in [0.1, 0.15) is 9.21 Å². The molecule has 0 amide bonds. The lowest BCUT2D eigenvalue weighted by atomic mass is 10.2. The van der Waals surface area contributed by atoms with Crippen LogP contribution in [0.1, 0.15) is 52.7 Å². The van der Waals surface area contributed by atoms with Crippen molar-refractivity contribution in [1.29, 1.82) is 0 Å². The van der Waals surface area contributed by atoms with Gasteiger partial charge in [0.2, 0.25) is 0 Å². The molecule has 2 heterocycles. The monoisotopic (exact) mass is 638 g/mol. The van der Waals surface area contributed by atoms with Crippen LogP contribution in [-0.4, -0.2) is 30.8 Å². The second kappa shape index (κ2) is 13.8. The van der Waals surface area contributed by atoms with Gasteiger partial charge in [-0.1, -0.05) is 54.6 Å². The zero-order valence-corrected chi connectivity index (χ0v) is 27.7. The van der Waals surface area contributed by atoms with Crippen LogP contribution >= 0.6 is 42.9 Å². The Labute approximate surface area is 225 Å². The fourth-order valence-corrected chi connectivity index (χ4v) is 3.34. The summed E-state index contributed by atoms with van der Waals surface area (Å²) in [6, 6.07) is 7.55. The lowest BCUT2D eigenvalue weighted by Gasteiger charge is -2.36. The number of nitrogens with zero attached hydrogens (tertiary/aromatic N) is 2. The predicted molar refractivity (Wildman–Crippen MR) is 155 cm³/mol. The van der Waals surface area contributed by atoms with Gasteiger partial charge in [0, 0.05) is 12.4 Å². The molecule has 188 valence electrons. The molecule has 0 fully saturated rings. The van der Waals surface area contributed by atoms with Crippen molar-refractivity contribution < 1.29 is 9.53 Å². The average Bonchev–Trinajstić information content (AvgIpc) is 2.65. The number of aromatic nitrogens is 2. The van der Waals surface area contributed by atoms with Gasteiger partial charge in [-0.25, -0.2) is 9.97 Å². The number of hydrogen-bond donors (Lipinski definition) is 1. The minimum absolute atomic E-state index is 0.0706. The van der Waals surface area contributed by atoms with Crippen LogP contribution in [0.2, 0.25) is 36.3 Å². The third-order valence-electron chi connectivity index (χ3n) is 5.95. The summed E-state index contributed by atoms with van der Waals surface area (Å²) in [7, 11) is -3.03. The second-order valence-electron chi connectivity index (χ2n) is 10.9. The van der Waals surface area contributed by atoms with Crippen molar-refractivity contribution in [3.8, 4) is 0 Å². The van der Waals surface area contributed by atoms with Crippen LogP contribution in [-0.2, 0) is 17.6 Å². The van der Waals surface area contributed by atoms with Crippen LogP contribution in [0.25, 0.3) is 0 Å². The van der Waals surface area contributed by atoms with Crippen LogP contribution in [0.3, 0.4) is 0 Å². The summed E-state index contributed by atoms with van der Waals surface area (Å²) in [5, 5.41) is 9.22. The van der Waals surface area contributed by atoms with E-state index in [9.17, 15) is 0 Å². The molecule has 1 N–H and O–H groups in total. The van der Waals surface area contributed by atoms with Crippen LogP contribution in [0, 0.1) is 0 Å². The van der Waals surface area contributed by atoms with Crippen LogP contribution < -0.4 is 0 Å². The first-order valence-electron chi connectivity index (χ1n) is 10.9. The maximum atomic E-state index is 8.61. The van der Waals surface area contributed by atoms with Crippen molar-refractivity contribution in [3.63, 3.8) is 0 Å². The quantitative estimate of drug-likeness (QED) is 0.206. The molecule has 0 spiro atoms. The maximum Gasteiger partial charge on any atom is 0.192 e.